The third kappa shape index (κ3) is 3.20. The summed E-state index contributed by atoms with van der Waals surface area (Å²) >= 11 is 0. The summed E-state index contributed by atoms with van der Waals surface area (Å²) in [5.74, 6) is 0.729. The maximum Gasteiger partial charge on any atom is 0.223 e. The largest absolute Gasteiger partial charge is 0.481 e. The molecule has 18 heavy (non-hydrogen) atoms. The van der Waals surface area contributed by atoms with Crippen LogP contribution in [-0.4, -0.2) is 24.0 Å². The second kappa shape index (κ2) is 5.82. The average Bonchev–Trinajstić information content (AvgIpc) is 2.83. The standard InChI is InChI=1S/C13H19N3O2/c1-18-12-6-9(4-5-15-12)8-16-13(17)10-2-3-11(14)7-10/h4-6,10-11H,2-3,7-8,14H2,1H3,(H,16,17). The van der Waals surface area contributed by atoms with Crippen molar-refractivity contribution in [1.82, 2.24) is 10.3 Å². The molecule has 1 saturated carbocycles. The number of pyridine rings is 1. The minimum atomic E-state index is 0.0729. The summed E-state index contributed by atoms with van der Waals surface area (Å²) in [5, 5.41) is 2.93. The van der Waals surface area contributed by atoms with Gasteiger partial charge in [-0.25, -0.2) is 4.98 Å². The third-order valence-electron chi connectivity index (χ3n) is 3.32. The monoisotopic (exact) mass is 249 g/mol. The highest BCUT2D eigenvalue weighted by molar-refractivity contribution is 5.79. The van der Waals surface area contributed by atoms with Crippen molar-refractivity contribution < 1.29 is 9.53 Å². The lowest BCUT2D eigenvalue weighted by Crippen LogP contribution is -2.30. The molecule has 2 atom stereocenters. The summed E-state index contributed by atoms with van der Waals surface area (Å²) in [5.41, 5.74) is 6.79. The van der Waals surface area contributed by atoms with Crippen LogP contribution in [0.5, 0.6) is 5.88 Å². The van der Waals surface area contributed by atoms with Crippen LogP contribution in [0.15, 0.2) is 18.3 Å². The van der Waals surface area contributed by atoms with Crippen molar-refractivity contribution >= 4 is 5.91 Å². The van der Waals surface area contributed by atoms with Gasteiger partial charge in [-0.1, -0.05) is 0 Å². The van der Waals surface area contributed by atoms with E-state index in [9.17, 15) is 4.79 Å². The molecule has 5 heteroatoms. The van der Waals surface area contributed by atoms with Crippen LogP contribution < -0.4 is 15.8 Å². The first-order valence-corrected chi connectivity index (χ1v) is 6.21. The van der Waals surface area contributed by atoms with Gasteiger partial charge in [-0.3, -0.25) is 4.79 Å². The molecule has 0 saturated heterocycles. The average molecular weight is 249 g/mol. The summed E-state index contributed by atoms with van der Waals surface area (Å²) in [7, 11) is 1.57. The van der Waals surface area contributed by atoms with Gasteiger partial charge in [-0.15, -0.1) is 0 Å². The van der Waals surface area contributed by atoms with Gasteiger partial charge in [0, 0.05) is 30.8 Å². The van der Waals surface area contributed by atoms with Gasteiger partial charge in [0.15, 0.2) is 0 Å². The lowest BCUT2D eigenvalue weighted by molar-refractivity contribution is -0.125. The topological polar surface area (TPSA) is 77.2 Å². The number of carbonyl (C=O) groups excluding carboxylic acids is 1. The first-order valence-electron chi connectivity index (χ1n) is 6.21. The SMILES string of the molecule is COc1cc(CNC(=O)C2CCC(N)C2)ccn1. The Labute approximate surface area is 107 Å². The Morgan fingerprint density at radius 3 is 3.11 bits per heavy atom. The Morgan fingerprint density at radius 1 is 1.61 bits per heavy atom. The number of hydrogen-bond donors (Lipinski definition) is 2. The van der Waals surface area contributed by atoms with Gasteiger partial charge in [0.05, 0.1) is 7.11 Å². The molecular formula is C13H19N3O2. The number of amides is 1. The van der Waals surface area contributed by atoms with Gasteiger partial charge in [0.2, 0.25) is 11.8 Å². The van der Waals surface area contributed by atoms with E-state index in [4.69, 9.17) is 10.5 Å². The molecule has 0 aromatic carbocycles. The van der Waals surface area contributed by atoms with Gasteiger partial charge < -0.3 is 15.8 Å². The highest BCUT2D eigenvalue weighted by Gasteiger charge is 2.27. The number of nitrogens with zero attached hydrogens (tertiary/aromatic N) is 1. The van der Waals surface area contributed by atoms with Gasteiger partial charge >= 0.3 is 0 Å². The van der Waals surface area contributed by atoms with Gasteiger partial charge in [-0.05, 0) is 30.9 Å². The van der Waals surface area contributed by atoms with Crippen LogP contribution in [0.2, 0.25) is 0 Å². The number of nitrogens with one attached hydrogen (secondary N) is 1. The van der Waals surface area contributed by atoms with Gasteiger partial charge in [0.1, 0.15) is 0 Å². The van der Waals surface area contributed by atoms with Crippen molar-refractivity contribution in [3.8, 4) is 5.88 Å². The zero-order chi connectivity index (χ0) is 13.0. The molecule has 5 nitrogen and oxygen atoms in total. The molecule has 0 radical (unpaired) electrons. The van der Waals surface area contributed by atoms with E-state index < -0.39 is 0 Å². The zero-order valence-corrected chi connectivity index (χ0v) is 10.6. The summed E-state index contributed by atoms with van der Waals surface area (Å²) < 4.78 is 5.04. The first kappa shape index (κ1) is 12.8. The van der Waals surface area contributed by atoms with Crippen molar-refractivity contribution in [2.24, 2.45) is 11.7 Å². The number of ether oxygens (including phenoxy) is 1. The van der Waals surface area contributed by atoms with Crippen LogP contribution in [0.25, 0.3) is 0 Å². The Morgan fingerprint density at radius 2 is 2.44 bits per heavy atom. The van der Waals surface area contributed by atoms with E-state index in [2.05, 4.69) is 10.3 Å². The molecule has 1 heterocycles. The molecule has 1 aromatic rings. The minimum Gasteiger partial charge on any atom is -0.481 e. The van der Waals surface area contributed by atoms with Crippen LogP contribution >= 0.6 is 0 Å². The summed E-state index contributed by atoms with van der Waals surface area (Å²) in [6.07, 6.45) is 4.31. The lowest BCUT2D eigenvalue weighted by atomic mass is 10.1. The lowest BCUT2D eigenvalue weighted by Gasteiger charge is -2.11. The van der Waals surface area contributed by atoms with Gasteiger partial charge in [0.25, 0.3) is 0 Å². The van der Waals surface area contributed by atoms with E-state index in [-0.39, 0.29) is 17.9 Å². The molecule has 2 unspecified atom stereocenters. The summed E-state index contributed by atoms with van der Waals surface area (Å²) in [4.78, 5) is 15.9. The van der Waals surface area contributed by atoms with Crippen molar-refractivity contribution in [1.29, 1.82) is 0 Å². The highest BCUT2D eigenvalue weighted by Crippen LogP contribution is 2.24. The first-order chi connectivity index (χ1) is 8.69. The number of carbonyl (C=O) groups is 1. The molecule has 0 spiro atoms. The quantitative estimate of drug-likeness (QED) is 0.828. The molecule has 1 aromatic heterocycles. The molecule has 1 amide bonds. The fourth-order valence-electron chi connectivity index (χ4n) is 2.26. The Balaban J connectivity index is 1.85. The molecule has 1 aliphatic carbocycles. The molecule has 1 fully saturated rings. The predicted molar refractivity (Wildman–Crippen MR) is 68.0 cm³/mol. The number of nitrogens with two attached hydrogens (primary N) is 1. The van der Waals surface area contributed by atoms with Crippen LogP contribution in [0.4, 0.5) is 0 Å². The van der Waals surface area contributed by atoms with Crippen molar-refractivity contribution in [3.05, 3.63) is 23.9 Å². The fourth-order valence-corrected chi connectivity index (χ4v) is 2.26. The Kier molecular flexibility index (Phi) is 4.15. The smallest absolute Gasteiger partial charge is 0.223 e. The van der Waals surface area contributed by atoms with Crippen LogP contribution in [0.1, 0.15) is 24.8 Å². The van der Waals surface area contributed by atoms with Crippen LogP contribution in [-0.2, 0) is 11.3 Å². The van der Waals surface area contributed by atoms with Gasteiger partial charge in [-0.2, -0.15) is 0 Å². The van der Waals surface area contributed by atoms with Crippen LogP contribution in [0, 0.1) is 5.92 Å². The number of rotatable bonds is 4. The highest BCUT2D eigenvalue weighted by atomic mass is 16.5. The van der Waals surface area contributed by atoms with Crippen LogP contribution in [0.3, 0.4) is 0 Å². The van der Waals surface area contributed by atoms with Crippen molar-refractivity contribution in [2.45, 2.75) is 31.8 Å². The maximum atomic E-state index is 11.9. The molecule has 0 aliphatic heterocycles. The summed E-state index contributed by atoms with van der Waals surface area (Å²) in [6.45, 7) is 0.503. The second-order valence-corrected chi connectivity index (χ2v) is 4.69. The number of methoxy groups -OCH3 is 1. The second-order valence-electron chi connectivity index (χ2n) is 4.69. The minimum absolute atomic E-state index is 0.0729. The predicted octanol–water partition coefficient (Wildman–Crippen LogP) is 0.834. The molecule has 1 aliphatic rings. The Hall–Kier alpha value is -1.62. The van der Waals surface area contributed by atoms with Crippen molar-refractivity contribution in [3.63, 3.8) is 0 Å². The van der Waals surface area contributed by atoms with E-state index >= 15 is 0 Å². The van der Waals surface area contributed by atoms with E-state index in [1.54, 1.807) is 13.3 Å². The Bertz CT molecular complexity index is 422. The zero-order valence-electron chi connectivity index (χ0n) is 10.6. The molecule has 0 bridgehead atoms. The fraction of sp³-hybridized carbons (Fsp3) is 0.538. The normalized spacial score (nSPS) is 22.8. The van der Waals surface area contributed by atoms with E-state index in [0.717, 1.165) is 24.8 Å². The van der Waals surface area contributed by atoms with Crippen molar-refractivity contribution in [2.75, 3.05) is 7.11 Å². The van der Waals surface area contributed by atoms with E-state index in [1.165, 1.54) is 0 Å². The van der Waals surface area contributed by atoms with E-state index in [0.29, 0.717) is 12.4 Å². The number of aromatic nitrogens is 1. The third-order valence-corrected chi connectivity index (χ3v) is 3.32. The number of hydrogen-bond acceptors (Lipinski definition) is 4. The molecule has 2 rings (SSSR count). The molecule has 3 N–H and O–H groups in total. The molecular weight excluding hydrogens is 230 g/mol. The molecule has 98 valence electrons. The summed E-state index contributed by atoms with van der Waals surface area (Å²) in [6, 6.07) is 3.87. The maximum absolute atomic E-state index is 11.9. The van der Waals surface area contributed by atoms with E-state index in [1.807, 2.05) is 12.1 Å².